The molecule has 1 aromatic carbocycles. The standard InChI is InChI=1S/C10H12FNO/c11-10-4-3-8(2-1-5-12)9(6-10)7-13/h3-4,6-7H,1-2,5,12H2. The van der Waals surface area contributed by atoms with E-state index in [4.69, 9.17) is 5.73 Å². The smallest absolute Gasteiger partial charge is 0.150 e. The van der Waals surface area contributed by atoms with Crippen molar-refractivity contribution in [2.75, 3.05) is 6.54 Å². The summed E-state index contributed by atoms with van der Waals surface area (Å²) in [6.07, 6.45) is 2.21. The lowest BCUT2D eigenvalue weighted by Crippen LogP contribution is -2.02. The Hall–Kier alpha value is -1.22. The third kappa shape index (κ3) is 2.63. The molecule has 0 aliphatic rings. The van der Waals surface area contributed by atoms with Crippen molar-refractivity contribution < 1.29 is 9.18 Å². The molecule has 0 fully saturated rings. The van der Waals surface area contributed by atoms with E-state index in [1.807, 2.05) is 0 Å². The van der Waals surface area contributed by atoms with E-state index in [1.165, 1.54) is 12.1 Å². The number of carbonyl (C=O) groups is 1. The molecule has 1 rings (SSSR count). The van der Waals surface area contributed by atoms with Crippen LogP contribution in [-0.4, -0.2) is 12.8 Å². The average Bonchev–Trinajstić information content (AvgIpc) is 2.16. The van der Waals surface area contributed by atoms with Crippen molar-refractivity contribution >= 4 is 6.29 Å². The largest absolute Gasteiger partial charge is 0.330 e. The van der Waals surface area contributed by atoms with Crippen molar-refractivity contribution in [3.63, 3.8) is 0 Å². The fraction of sp³-hybridized carbons (Fsp3) is 0.300. The number of halogens is 1. The van der Waals surface area contributed by atoms with E-state index in [1.54, 1.807) is 6.07 Å². The van der Waals surface area contributed by atoms with Crippen LogP contribution in [0.1, 0.15) is 22.3 Å². The van der Waals surface area contributed by atoms with Crippen LogP contribution in [0, 0.1) is 5.82 Å². The van der Waals surface area contributed by atoms with Crippen LogP contribution < -0.4 is 5.73 Å². The highest BCUT2D eigenvalue weighted by Gasteiger charge is 2.02. The van der Waals surface area contributed by atoms with E-state index in [0.717, 1.165) is 18.4 Å². The van der Waals surface area contributed by atoms with E-state index in [0.29, 0.717) is 18.4 Å². The second-order valence-electron chi connectivity index (χ2n) is 2.85. The summed E-state index contributed by atoms with van der Waals surface area (Å²) in [5.41, 5.74) is 6.62. The van der Waals surface area contributed by atoms with Gasteiger partial charge in [0.1, 0.15) is 12.1 Å². The molecule has 0 heterocycles. The molecule has 2 N–H and O–H groups in total. The predicted octanol–water partition coefficient (Wildman–Crippen LogP) is 1.53. The molecule has 0 unspecified atom stereocenters. The average molecular weight is 181 g/mol. The first-order valence-corrected chi connectivity index (χ1v) is 4.21. The molecule has 70 valence electrons. The number of benzene rings is 1. The van der Waals surface area contributed by atoms with E-state index < -0.39 is 0 Å². The van der Waals surface area contributed by atoms with Gasteiger partial charge in [0.15, 0.2) is 0 Å². The molecular weight excluding hydrogens is 169 g/mol. The number of aryl methyl sites for hydroxylation is 1. The van der Waals surface area contributed by atoms with Gasteiger partial charge < -0.3 is 5.73 Å². The number of aldehydes is 1. The summed E-state index contributed by atoms with van der Waals surface area (Å²) in [6.45, 7) is 0.579. The number of hydrogen-bond donors (Lipinski definition) is 1. The summed E-state index contributed by atoms with van der Waals surface area (Å²) in [6, 6.07) is 4.24. The topological polar surface area (TPSA) is 43.1 Å². The zero-order chi connectivity index (χ0) is 9.68. The fourth-order valence-corrected chi connectivity index (χ4v) is 1.20. The summed E-state index contributed by atoms with van der Waals surface area (Å²) >= 11 is 0. The molecule has 0 amide bonds. The zero-order valence-electron chi connectivity index (χ0n) is 7.29. The van der Waals surface area contributed by atoms with Crippen molar-refractivity contribution in [2.24, 2.45) is 5.73 Å². The Balaban J connectivity index is 2.86. The van der Waals surface area contributed by atoms with Crippen LogP contribution in [0.3, 0.4) is 0 Å². The Morgan fingerprint density at radius 1 is 1.46 bits per heavy atom. The third-order valence-electron chi connectivity index (χ3n) is 1.89. The highest BCUT2D eigenvalue weighted by Crippen LogP contribution is 2.10. The first-order valence-electron chi connectivity index (χ1n) is 4.21. The number of carbonyl (C=O) groups excluding carboxylic acids is 1. The number of hydrogen-bond acceptors (Lipinski definition) is 2. The Bertz CT molecular complexity index is 299. The molecule has 0 aliphatic carbocycles. The van der Waals surface area contributed by atoms with Gasteiger partial charge in [-0.05, 0) is 37.1 Å². The van der Waals surface area contributed by atoms with E-state index in [2.05, 4.69) is 0 Å². The molecule has 0 radical (unpaired) electrons. The van der Waals surface area contributed by atoms with Gasteiger partial charge in [0, 0.05) is 5.56 Å². The zero-order valence-corrected chi connectivity index (χ0v) is 7.29. The SMILES string of the molecule is NCCCc1ccc(F)cc1C=O. The summed E-state index contributed by atoms with van der Waals surface area (Å²) in [4.78, 5) is 10.5. The minimum atomic E-state index is -0.376. The Kier molecular flexibility index (Phi) is 3.58. The molecular formula is C10H12FNO. The van der Waals surface area contributed by atoms with E-state index >= 15 is 0 Å². The summed E-state index contributed by atoms with van der Waals surface area (Å²) in [5.74, 6) is -0.376. The van der Waals surface area contributed by atoms with Crippen molar-refractivity contribution in [1.29, 1.82) is 0 Å². The molecule has 3 heteroatoms. The lowest BCUT2D eigenvalue weighted by Gasteiger charge is -2.02. The monoisotopic (exact) mass is 181 g/mol. The van der Waals surface area contributed by atoms with Crippen molar-refractivity contribution in [3.05, 3.63) is 35.1 Å². The van der Waals surface area contributed by atoms with Crippen LogP contribution in [0.15, 0.2) is 18.2 Å². The van der Waals surface area contributed by atoms with Crippen molar-refractivity contribution in [2.45, 2.75) is 12.8 Å². The number of nitrogens with two attached hydrogens (primary N) is 1. The maximum atomic E-state index is 12.7. The molecule has 1 aromatic rings. The molecule has 0 atom stereocenters. The van der Waals surface area contributed by atoms with Gasteiger partial charge >= 0.3 is 0 Å². The Morgan fingerprint density at radius 2 is 2.23 bits per heavy atom. The van der Waals surface area contributed by atoms with Gasteiger partial charge in [0.05, 0.1) is 0 Å². The maximum Gasteiger partial charge on any atom is 0.150 e. The van der Waals surface area contributed by atoms with Crippen LogP contribution in [0.5, 0.6) is 0 Å². The molecule has 0 saturated carbocycles. The molecule has 2 nitrogen and oxygen atoms in total. The van der Waals surface area contributed by atoms with Crippen LogP contribution >= 0.6 is 0 Å². The highest BCUT2D eigenvalue weighted by atomic mass is 19.1. The van der Waals surface area contributed by atoms with Crippen molar-refractivity contribution in [3.8, 4) is 0 Å². The Morgan fingerprint density at radius 3 is 2.85 bits per heavy atom. The van der Waals surface area contributed by atoms with Crippen molar-refractivity contribution in [1.82, 2.24) is 0 Å². The van der Waals surface area contributed by atoms with Crippen LogP contribution in [0.4, 0.5) is 4.39 Å². The summed E-state index contributed by atoms with van der Waals surface area (Å²) in [7, 11) is 0. The lowest BCUT2D eigenvalue weighted by molar-refractivity contribution is 0.112. The molecule has 0 saturated heterocycles. The molecule has 0 bridgehead atoms. The Labute approximate surface area is 76.6 Å². The van der Waals surface area contributed by atoms with E-state index in [-0.39, 0.29) is 5.82 Å². The predicted molar refractivity (Wildman–Crippen MR) is 49.2 cm³/mol. The first-order chi connectivity index (χ1) is 6.27. The van der Waals surface area contributed by atoms with Gasteiger partial charge in [0.25, 0.3) is 0 Å². The van der Waals surface area contributed by atoms with Gasteiger partial charge in [-0.2, -0.15) is 0 Å². The first kappa shape index (κ1) is 9.86. The van der Waals surface area contributed by atoms with Gasteiger partial charge in [-0.15, -0.1) is 0 Å². The third-order valence-corrected chi connectivity index (χ3v) is 1.89. The van der Waals surface area contributed by atoms with Crippen LogP contribution in [-0.2, 0) is 6.42 Å². The molecule has 0 spiro atoms. The van der Waals surface area contributed by atoms with E-state index in [9.17, 15) is 9.18 Å². The summed E-state index contributed by atoms with van der Waals surface area (Å²) in [5, 5.41) is 0. The van der Waals surface area contributed by atoms with Gasteiger partial charge in [-0.1, -0.05) is 6.07 Å². The fourth-order valence-electron chi connectivity index (χ4n) is 1.20. The van der Waals surface area contributed by atoms with Gasteiger partial charge in [-0.3, -0.25) is 4.79 Å². The van der Waals surface area contributed by atoms with Crippen LogP contribution in [0.25, 0.3) is 0 Å². The second kappa shape index (κ2) is 4.72. The molecule has 0 aliphatic heterocycles. The normalized spacial score (nSPS) is 10.0. The molecule has 13 heavy (non-hydrogen) atoms. The quantitative estimate of drug-likeness (QED) is 0.716. The maximum absolute atomic E-state index is 12.7. The minimum absolute atomic E-state index is 0.376. The second-order valence-corrected chi connectivity index (χ2v) is 2.85. The van der Waals surface area contributed by atoms with Gasteiger partial charge in [-0.25, -0.2) is 4.39 Å². The highest BCUT2D eigenvalue weighted by molar-refractivity contribution is 5.77. The summed E-state index contributed by atoms with van der Waals surface area (Å²) < 4.78 is 12.7. The molecule has 0 aromatic heterocycles. The number of rotatable bonds is 4. The van der Waals surface area contributed by atoms with Crippen LogP contribution in [0.2, 0.25) is 0 Å². The van der Waals surface area contributed by atoms with Gasteiger partial charge in [0.2, 0.25) is 0 Å². The lowest BCUT2D eigenvalue weighted by atomic mass is 10.0. The minimum Gasteiger partial charge on any atom is -0.330 e.